The highest BCUT2D eigenvalue weighted by Gasteiger charge is 2.38. The van der Waals surface area contributed by atoms with E-state index in [0.717, 1.165) is 31.5 Å². The summed E-state index contributed by atoms with van der Waals surface area (Å²) in [6, 6.07) is 9.21. The number of benzene rings is 1. The van der Waals surface area contributed by atoms with E-state index in [1.54, 1.807) is 0 Å². The second kappa shape index (κ2) is 7.68. The number of fused-ring (bicyclic) bond motifs is 2. The first-order valence-corrected chi connectivity index (χ1v) is 10.3. The van der Waals surface area contributed by atoms with Gasteiger partial charge in [-0.1, -0.05) is 12.1 Å². The molecule has 2 bridgehead atoms. The van der Waals surface area contributed by atoms with Crippen LogP contribution in [0.2, 0.25) is 0 Å². The molecule has 3 fully saturated rings. The Hall–Kier alpha value is -0.360. The molecule has 126 valence electrons. The third kappa shape index (κ3) is 3.53. The Morgan fingerprint density at radius 3 is 2.48 bits per heavy atom. The minimum absolute atomic E-state index is 0. The van der Waals surface area contributed by atoms with Crippen molar-refractivity contribution in [1.29, 1.82) is 0 Å². The Morgan fingerprint density at radius 2 is 1.74 bits per heavy atom. The first-order valence-electron chi connectivity index (χ1n) is 8.19. The lowest BCUT2D eigenvalue weighted by Gasteiger charge is -2.28. The van der Waals surface area contributed by atoms with Crippen LogP contribution in [0.25, 0.3) is 0 Å². The van der Waals surface area contributed by atoms with Gasteiger partial charge in [0.1, 0.15) is 0 Å². The summed E-state index contributed by atoms with van der Waals surface area (Å²) in [5.74, 6) is 2.70. The summed E-state index contributed by atoms with van der Waals surface area (Å²) in [6.45, 7) is 2.00. The lowest BCUT2D eigenvalue weighted by atomic mass is 10.1. The van der Waals surface area contributed by atoms with E-state index in [1.807, 2.05) is 35.7 Å². The van der Waals surface area contributed by atoms with Crippen LogP contribution in [0.1, 0.15) is 39.8 Å². The van der Waals surface area contributed by atoms with E-state index >= 15 is 0 Å². The molecule has 0 aliphatic carbocycles. The zero-order valence-corrected chi connectivity index (χ0v) is 15.5. The lowest BCUT2D eigenvalue weighted by molar-refractivity contribution is 0.0680. The van der Waals surface area contributed by atoms with Crippen molar-refractivity contribution in [2.75, 3.05) is 24.6 Å². The summed E-state index contributed by atoms with van der Waals surface area (Å²) >= 11 is 4.02. The average molecular weight is 371 g/mol. The minimum atomic E-state index is 0. The summed E-state index contributed by atoms with van der Waals surface area (Å²) in [5, 5.41) is 3.46. The maximum absolute atomic E-state index is 12.9. The van der Waals surface area contributed by atoms with Gasteiger partial charge in [-0.25, -0.2) is 0 Å². The third-order valence-corrected chi connectivity index (χ3v) is 8.04. The molecule has 1 N–H and O–H groups in total. The number of hydrogen-bond donors (Lipinski definition) is 1. The molecule has 1 aromatic rings. The number of carbonyl (C=O) groups excluding carboxylic acids is 1. The average Bonchev–Trinajstić information content (AvgIpc) is 3.14. The van der Waals surface area contributed by atoms with Crippen LogP contribution in [0.15, 0.2) is 24.3 Å². The summed E-state index contributed by atoms with van der Waals surface area (Å²) in [6.07, 6.45) is 3.41. The van der Waals surface area contributed by atoms with Crippen LogP contribution < -0.4 is 5.32 Å². The number of halogens is 1. The van der Waals surface area contributed by atoms with Gasteiger partial charge in [-0.05, 0) is 43.5 Å². The maximum atomic E-state index is 12.9. The molecular formula is C17H23ClN2OS2. The van der Waals surface area contributed by atoms with Gasteiger partial charge in [0, 0.05) is 35.7 Å². The molecule has 0 saturated carbocycles. The molecule has 0 spiro atoms. The van der Waals surface area contributed by atoms with Gasteiger partial charge < -0.3 is 10.2 Å². The van der Waals surface area contributed by atoms with Gasteiger partial charge in [0.2, 0.25) is 0 Å². The topological polar surface area (TPSA) is 32.3 Å². The third-order valence-electron chi connectivity index (χ3n) is 4.94. The summed E-state index contributed by atoms with van der Waals surface area (Å²) < 4.78 is 0.558. The van der Waals surface area contributed by atoms with E-state index in [0.29, 0.717) is 16.7 Å². The zero-order valence-electron chi connectivity index (χ0n) is 13.1. The second-order valence-corrected chi connectivity index (χ2v) is 9.01. The first-order chi connectivity index (χ1) is 10.8. The van der Waals surface area contributed by atoms with Gasteiger partial charge in [-0.15, -0.1) is 35.9 Å². The van der Waals surface area contributed by atoms with Gasteiger partial charge in [0.15, 0.2) is 0 Å². The van der Waals surface area contributed by atoms with Crippen LogP contribution >= 0.6 is 35.9 Å². The Bertz CT molecular complexity index is 534. The van der Waals surface area contributed by atoms with Gasteiger partial charge in [-0.3, -0.25) is 4.79 Å². The number of thioether (sulfide) groups is 2. The van der Waals surface area contributed by atoms with Gasteiger partial charge in [0.25, 0.3) is 5.91 Å². The van der Waals surface area contributed by atoms with Crippen molar-refractivity contribution in [3.8, 4) is 0 Å². The van der Waals surface area contributed by atoms with Crippen molar-refractivity contribution >= 4 is 41.8 Å². The molecule has 4 rings (SSSR count). The summed E-state index contributed by atoms with van der Waals surface area (Å²) in [5.41, 5.74) is 2.21. The maximum Gasteiger partial charge on any atom is 0.254 e. The fourth-order valence-electron chi connectivity index (χ4n) is 3.80. The molecular weight excluding hydrogens is 348 g/mol. The standard InChI is InChI=1S/C17H22N2OS2.ClH/c20-16(19-14-5-6-15(19)11-18-8-7-14)12-1-3-13(4-2-12)17-21-9-10-22-17;/h1-4,14-15,17-18H,5-11H2;1H. The molecule has 2 unspecified atom stereocenters. The van der Waals surface area contributed by atoms with Crippen molar-refractivity contribution in [2.45, 2.75) is 35.9 Å². The molecule has 6 heteroatoms. The predicted molar refractivity (Wildman–Crippen MR) is 102 cm³/mol. The van der Waals surface area contributed by atoms with E-state index in [1.165, 1.54) is 23.5 Å². The van der Waals surface area contributed by atoms with E-state index in [4.69, 9.17) is 0 Å². The van der Waals surface area contributed by atoms with Crippen LogP contribution in [-0.4, -0.2) is 47.5 Å². The number of rotatable bonds is 2. The monoisotopic (exact) mass is 370 g/mol. The first kappa shape index (κ1) is 17.5. The number of carbonyl (C=O) groups is 1. The highest BCUT2D eigenvalue weighted by Crippen LogP contribution is 2.45. The Labute approximate surface area is 152 Å². The van der Waals surface area contributed by atoms with Crippen molar-refractivity contribution in [2.24, 2.45) is 0 Å². The number of nitrogens with one attached hydrogen (secondary N) is 1. The van der Waals surface area contributed by atoms with E-state index < -0.39 is 0 Å². The molecule has 3 heterocycles. The molecule has 1 aromatic carbocycles. The molecule has 2 atom stereocenters. The second-order valence-electron chi connectivity index (χ2n) is 6.29. The molecule has 1 amide bonds. The van der Waals surface area contributed by atoms with Crippen LogP contribution in [0.5, 0.6) is 0 Å². The number of hydrogen-bond acceptors (Lipinski definition) is 4. The zero-order chi connectivity index (χ0) is 14.9. The minimum Gasteiger partial charge on any atom is -0.331 e. The highest BCUT2D eigenvalue weighted by atomic mass is 35.5. The molecule has 0 aromatic heterocycles. The molecule has 3 aliphatic rings. The van der Waals surface area contributed by atoms with E-state index in [9.17, 15) is 4.79 Å². The molecule has 3 saturated heterocycles. The normalized spacial score (nSPS) is 27.6. The van der Waals surface area contributed by atoms with E-state index in [-0.39, 0.29) is 18.3 Å². The quantitative estimate of drug-likeness (QED) is 0.862. The Kier molecular flexibility index (Phi) is 5.83. The lowest BCUT2D eigenvalue weighted by Crippen LogP contribution is -2.42. The predicted octanol–water partition coefficient (Wildman–Crippen LogP) is 3.55. The molecule has 23 heavy (non-hydrogen) atoms. The largest absolute Gasteiger partial charge is 0.331 e. The van der Waals surface area contributed by atoms with Gasteiger partial charge in [-0.2, -0.15) is 0 Å². The Morgan fingerprint density at radius 1 is 1.04 bits per heavy atom. The van der Waals surface area contributed by atoms with Crippen molar-refractivity contribution in [1.82, 2.24) is 10.2 Å². The van der Waals surface area contributed by atoms with Gasteiger partial charge in [0.05, 0.1) is 4.58 Å². The van der Waals surface area contributed by atoms with Crippen molar-refractivity contribution in [3.05, 3.63) is 35.4 Å². The molecule has 3 nitrogen and oxygen atoms in total. The fourth-order valence-corrected chi connectivity index (χ4v) is 6.66. The van der Waals surface area contributed by atoms with Crippen molar-refractivity contribution < 1.29 is 4.79 Å². The number of amides is 1. The Balaban J connectivity index is 0.00000156. The molecule has 3 aliphatic heterocycles. The van der Waals surface area contributed by atoms with Crippen molar-refractivity contribution in [3.63, 3.8) is 0 Å². The highest BCUT2D eigenvalue weighted by molar-refractivity contribution is 8.19. The fraction of sp³-hybridized carbons (Fsp3) is 0.588. The van der Waals surface area contributed by atoms with Crippen LogP contribution in [0, 0.1) is 0 Å². The van der Waals surface area contributed by atoms with E-state index in [2.05, 4.69) is 22.3 Å². The summed E-state index contributed by atoms with van der Waals surface area (Å²) in [7, 11) is 0. The molecule has 0 radical (unpaired) electrons. The summed E-state index contributed by atoms with van der Waals surface area (Å²) in [4.78, 5) is 15.1. The van der Waals surface area contributed by atoms with Crippen LogP contribution in [0.3, 0.4) is 0 Å². The smallest absolute Gasteiger partial charge is 0.254 e. The van der Waals surface area contributed by atoms with Gasteiger partial charge >= 0.3 is 0 Å². The van der Waals surface area contributed by atoms with Crippen LogP contribution in [0.4, 0.5) is 0 Å². The number of nitrogens with zero attached hydrogens (tertiary/aromatic N) is 1. The van der Waals surface area contributed by atoms with Crippen LogP contribution in [-0.2, 0) is 0 Å². The SMILES string of the molecule is Cl.O=C(c1ccc(C2SCCS2)cc1)N1C2CCNCC1CC2.